The van der Waals surface area contributed by atoms with Crippen molar-refractivity contribution in [1.29, 1.82) is 0 Å². The molecule has 0 saturated heterocycles. The predicted octanol–water partition coefficient (Wildman–Crippen LogP) is 3.60. The summed E-state index contributed by atoms with van der Waals surface area (Å²) in [5.41, 5.74) is 1.21. The lowest BCUT2D eigenvalue weighted by molar-refractivity contribution is -0.385. The second-order valence-corrected chi connectivity index (χ2v) is 3.56. The number of benzene rings is 1. The maximum Gasteiger partial charge on any atom is 0.277 e. The first-order chi connectivity index (χ1) is 6.57. The molecule has 0 amide bonds. The third kappa shape index (κ3) is 1.90. The molecule has 3 nitrogen and oxygen atoms in total. The summed E-state index contributed by atoms with van der Waals surface area (Å²) >= 11 is 3.19. The molecule has 72 valence electrons. The molecule has 14 heavy (non-hydrogen) atoms. The van der Waals surface area contributed by atoms with E-state index in [4.69, 9.17) is 0 Å². The zero-order valence-electron chi connectivity index (χ0n) is 7.37. The molecule has 0 bridgehead atoms. The molecule has 0 aromatic heterocycles. The molecule has 0 radical (unpaired) electrons. The maximum atomic E-state index is 10.7. The molecule has 4 heteroatoms. The van der Waals surface area contributed by atoms with Crippen molar-refractivity contribution in [2.24, 2.45) is 0 Å². The van der Waals surface area contributed by atoms with Crippen molar-refractivity contribution < 1.29 is 4.92 Å². The van der Waals surface area contributed by atoms with Crippen molar-refractivity contribution in [2.45, 2.75) is 0 Å². The molecule has 1 aromatic rings. The zero-order valence-corrected chi connectivity index (χ0v) is 8.95. The van der Waals surface area contributed by atoms with Crippen LogP contribution in [0, 0.1) is 10.1 Å². The molecule has 0 aliphatic carbocycles. The van der Waals surface area contributed by atoms with Gasteiger partial charge in [-0.1, -0.05) is 47.3 Å². The average molecular weight is 254 g/mol. The van der Waals surface area contributed by atoms with Crippen molar-refractivity contribution >= 4 is 32.2 Å². The van der Waals surface area contributed by atoms with Crippen LogP contribution in [0.5, 0.6) is 0 Å². The summed E-state index contributed by atoms with van der Waals surface area (Å²) in [4.78, 5) is 10.2. The summed E-state index contributed by atoms with van der Waals surface area (Å²) in [5, 5.41) is 10.7. The minimum absolute atomic E-state index is 0.0399. The van der Waals surface area contributed by atoms with Gasteiger partial charge in [0.05, 0.1) is 10.5 Å². The Morgan fingerprint density at radius 2 is 2.21 bits per heavy atom. The minimum Gasteiger partial charge on any atom is -0.258 e. The third-order valence-electron chi connectivity index (χ3n) is 1.78. The third-order valence-corrected chi connectivity index (χ3v) is 2.20. The van der Waals surface area contributed by atoms with Gasteiger partial charge in [-0.3, -0.25) is 10.1 Å². The number of hydrogen-bond donors (Lipinski definition) is 0. The fourth-order valence-corrected chi connectivity index (χ4v) is 1.51. The monoisotopic (exact) mass is 253 g/mol. The summed E-state index contributed by atoms with van der Waals surface area (Å²) in [5.74, 6) is 0. The van der Waals surface area contributed by atoms with Crippen molar-refractivity contribution in [3.8, 4) is 0 Å². The number of halogens is 1. The minimum atomic E-state index is -0.434. The first kappa shape index (κ1) is 10.7. The molecule has 0 spiro atoms. The molecular formula is C10H8BrNO2. The molecular weight excluding hydrogens is 246 g/mol. The van der Waals surface area contributed by atoms with Crippen LogP contribution >= 0.6 is 15.9 Å². The van der Waals surface area contributed by atoms with Crippen LogP contribution in [0.3, 0.4) is 0 Å². The Morgan fingerprint density at radius 1 is 1.57 bits per heavy atom. The number of nitro groups is 1. The van der Waals surface area contributed by atoms with Crippen LogP contribution in [0.4, 0.5) is 5.69 Å². The average Bonchev–Trinajstić information content (AvgIpc) is 2.16. The van der Waals surface area contributed by atoms with E-state index in [1.807, 2.05) is 0 Å². The predicted molar refractivity (Wildman–Crippen MR) is 61.1 cm³/mol. The Balaban J connectivity index is 3.47. The summed E-state index contributed by atoms with van der Waals surface area (Å²) in [7, 11) is 0. The highest BCUT2D eigenvalue weighted by Gasteiger charge is 2.14. The smallest absolute Gasteiger partial charge is 0.258 e. The van der Waals surface area contributed by atoms with E-state index in [0.717, 1.165) is 0 Å². The molecule has 0 unspecified atom stereocenters. The molecule has 0 fully saturated rings. The number of nitrogens with zero attached hydrogens (tertiary/aromatic N) is 1. The Labute approximate surface area is 90.0 Å². The molecule has 0 aliphatic rings. The largest absolute Gasteiger partial charge is 0.277 e. The summed E-state index contributed by atoms with van der Waals surface area (Å²) in [6, 6.07) is 4.81. The van der Waals surface area contributed by atoms with Crippen LogP contribution in [0.15, 0.2) is 31.4 Å². The van der Waals surface area contributed by atoms with Crippen molar-refractivity contribution in [3.05, 3.63) is 52.6 Å². The van der Waals surface area contributed by atoms with E-state index in [2.05, 4.69) is 29.1 Å². The second-order valence-electron chi connectivity index (χ2n) is 2.60. The van der Waals surface area contributed by atoms with Gasteiger partial charge in [-0.2, -0.15) is 0 Å². The van der Waals surface area contributed by atoms with E-state index in [0.29, 0.717) is 15.6 Å². The van der Waals surface area contributed by atoms with Gasteiger partial charge in [-0.15, -0.1) is 0 Å². The Kier molecular flexibility index (Phi) is 3.19. The summed E-state index contributed by atoms with van der Waals surface area (Å²) < 4.78 is 0.608. The normalized spacial score (nSPS) is 9.50. The molecule has 1 rings (SSSR count). The van der Waals surface area contributed by atoms with E-state index in [-0.39, 0.29) is 5.69 Å². The number of nitro benzene ring substituents is 1. The molecule has 0 heterocycles. The summed E-state index contributed by atoms with van der Waals surface area (Å²) in [6.45, 7) is 7.23. The lowest BCUT2D eigenvalue weighted by Crippen LogP contribution is -1.94. The van der Waals surface area contributed by atoms with E-state index < -0.39 is 4.92 Å². The number of rotatable bonds is 3. The first-order valence-electron chi connectivity index (χ1n) is 3.82. The van der Waals surface area contributed by atoms with Gasteiger partial charge in [-0.05, 0) is 0 Å². The molecule has 0 saturated carbocycles. The van der Waals surface area contributed by atoms with Gasteiger partial charge in [-0.25, -0.2) is 0 Å². The zero-order chi connectivity index (χ0) is 10.7. The highest BCUT2D eigenvalue weighted by molar-refractivity contribution is 9.15. The van der Waals surface area contributed by atoms with Gasteiger partial charge in [0.25, 0.3) is 5.69 Å². The molecule has 0 N–H and O–H groups in total. The van der Waals surface area contributed by atoms with Gasteiger partial charge in [0, 0.05) is 16.1 Å². The van der Waals surface area contributed by atoms with Gasteiger partial charge in [0.2, 0.25) is 0 Å². The SMILES string of the molecule is C=Cc1c(C(=C)Br)cccc1[N+](=O)[O-]. The Morgan fingerprint density at radius 3 is 2.64 bits per heavy atom. The molecule has 1 aromatic carbocycles. The van der Waals surface area contributed by atoms with E-state index in [1.54, 1.807) is 12.1 Å². The van der Waals surface area contributed by atoms with Crippen LogP contribution in [-0.2, 0) is 0 Å². The molecule has 0 aliphatic heterocycles. The first-order valence-corrected chi connectivity index (χ1v) is 4.62. The summed E-state index contributed by atoms with van der Waals surface area (Å²) in [6.07, 6.45) is 1.46. The van der Waals surface area contributed by atoms with Crippen molar-refractivity contribution in [1.82, 2.24) is 0 Å². The van der Waals surface area contributed by atoms with Crippen LogP contribution < -0.4 is 0 Å². The standard InChI is InChI=1S/C10H8BrNO2/c1-3-8-9(7(2)11)5-4-6-10(8)12(13)14/h3-6H,1-2H2. The van der Waals surface area contributed by atoms with Crippen LogP contribution in [-0.4, -0.2) is 4.92 Å². The Bertz CT molecular complexity index is 380. The van der Waals surface area contributed by atoms with Crippen LogP contribution in [0.1, 0.15) is 11.1 Å². The van der Waals surface area contributed by atoms with Crippen molar-refractivity contribution in [3.63, 3.8) is 0 Å². The van der Waals surface area contributed by atoms with Gasteiger partial charge < -0.3 is 0 Å². The quantitative estimate of drug-likeness (QED) is 0.610. The van der Waals surface area contributed by atoms with E-state index in [9.17, 15) is 10.1 Å². The second kappa shape index (κ2) is 4.19. The van der Waals surface area contributed by atoms with Crippen LogP contribution in [0.25, 0.3) is 10.6 Å². The van der Waals surface area contributed by atoms with E-state index in [1.165, 1.54) is 12.1 Å². The Hall–Kier alpha value is -1.42. The number of hydrogen-bond acceptors (Lipinski definition) is 2. The fourth-order valence-electron chi connectivity index (χ4n) is 1.16. The van der Waals surface area contributed by atoms with Gasteiger partial charge >= 0.3 is 0 Å². The lowest BCUT2D eigenvalue weighted by atomic mass is 10.1. The van der Waals surface area contributed by atoms with Crippen LogP contribution in [0.2, 0.25) is 0 Å². The van der Waals surface area contributed by atoms with Gasteiger partial charge in [0.1, 0.15) is 0 Å². The highest BCUT2D eigenvalue weighted by Crippen LogP contribution is 2.30. The topological polar surface area (TPSA) is 43.1 Å². The van der Waals surface area contributed by atoms with E-state index >= 15 is 0 Å². The van der Waals surface area contributed by atoms with Crippen molar-refractivity contribution in [2.75, 3.05) is 0 Å². The highest BCUT2D eigenvalue weighted by atomic mass is 79.9. The lowest BCUT2D eigenvalue weighted by Gasteiger charge is -2.04. The molecule has 0 atom stereocenters. The maximum absolute atomic E-state index is 10.7. The fraction of sp³-hybridized carbons (Fsp3) is 0. The van der Waals surface area contributed by atoms with Gasteiger partial charge in [0.15, 0.2) is 0 Å².